The van der Waals surface area contributed by atoms with Crippen LogP contribution in [0.15, 0.2) is 20.0 Å². The maximum absolute atomic E-state index is 12.7. The zero-order chi connectivity index (χ0) is 15.1. The summed E-state index contributed by atoms with van der Waals surface area (Å²) in [6.07, 6.45) is 7.05. The van der Waals surface area contributed by atoms with Gasteiger partial charge in [0.2, 0.25) is 10.0 Å². The number of sulfonamides is 1. The molecule has 21 heavy (non-hydrogen) atoms. The normalized spacial score (nSPS) is 23.0. The van der Waals surface area contributed by atoms with Crippen molar-refractivity contribution in [2.75, 3.05) is 13.1 Å². The number of piperidine rings is 1. The van der Waals surface area contributed by atoms with E-state index < -0.39 is 10.0 Å². The molecule has 1 aliphatic heterocycles. The van der Waals surface area contributed by atoms with Gasteiger partial charge in [-0.1, -0.05) is 12.8 Å². The maximum atomic E-state index is 12.7. The van der Waals surface area contributed by atoms with Gasteiger partial charge < -0.3 is 4.42 Å². The van der Waals surface area contributed by atoms with Gasteiger partial charge in [0.15, 0.2) is 4.67 Å². The van der Waals surface area contributed by atoms with Crippen molar-refractivity contribution < 1.29 is 12.8 Å². The van der Waals surface area contributed by atoms with Crippen molar-refractivity contribution in [3.63, 3.8) is 0 Å². The molecule has 0 amide bonds. The number of hydrogen-bond acceptors (Lipinski definition) is 3. The summed E-state index contributed by atoms with van der Waals surface area (Å²) >= 11 is 8.90. The Labute approximate surface area is 139 Å². The first-order valence-electron chi connectivity index (χ1n) is 7.31. The number of rotatable bonds is 3. The second kappa shape index (κ2) is 5.87. The topological polar surface area (TPSA) is 50.5 Å². The van der Waals surface area contributed by atoms with E-state index in [1.807, 2.05) is 0 Å². The number of furan rings is 1. The van der Waals surface area contributed by atoms with Gasteiger partial charge in [-0.2, -0.15) is 4.31 Å². The highest BCUT2D eigenvalue weighted by Gasteiger charge is 2.40. The van der Waals surface area contributed by atoms with Crippen molar-refractivity contribution in [2.45, 2.75) is 49.3 Å². The lowest BCUT2D eigenvalue weighted by atomic mass is 9.78. The summed E-state index contributed by atoms with van der Waals surface area (Å²) in [5.74, 6) is 0.628. The minimum atomic E-state index is -3.49. The molecular formula is C14H19BrClNO3S. The van der Waals surface area contributed by atoms with Crippen LogP contribution < -0.4 is 0 Å². The number of alkyl halides is 1. The van der Waals surface area contributed by atoms with Gasteiger partial charge in [-0.15, -0.1) is 11.6 Å². The third-order valence-electron chi connectivity index (χ3n) is 4.90. The molecule has 4 nitrogen and oxygen atoms in total. The van der Waals surface area contributed by atoms with Crippen LogP contribution in [0.25, 0.3) is 0 Å². The largest absolute Gasteiger partial charge is 0.452 e. The van der Waals surface area contributed by atoms with Crippen LogP contribution in [-0.2, 0) is 15.9 Å². The van der Waals surface area contributed by atoms with E-state index in [0.29, 0.717) is 24.3 Å². The summed E-state index contributed by atoms with van der Waals surface area (Å²) in [6.45, 7) is 1.21. The zero-order valence-corrected chi connectivity index (χ0v) is 14.9. The highest BCUT2D eigenvalue weighted by Crippen LogP contribution is 2.47. The lowest BCUT2D eigenvalue weighted by Gasteiger charge is -2.38. The van der Waals surface area contributed by atoms with Gasteiger partial charge >= 0.3 is 0 Å². The van der Waals surface area contributed by atoms with Crippen molar-refractivity contribution >= 4 is 37.6 Å². The molecule has 1 aliphatic carbocycles. The molecule has 1 saturated carbocycles. The average Bonchev–Trinajstić information content (AvgIpc) is 3.07. The Morgan fingerprint density at radius 2 is 1.86 bits per heavy atom. The molecule has 1 saturated heterocycles. The molecule has 0 radical (unpaired) electrons. The molecule has 0 unspecified atom stereocenters. The highest BCUT2D eigenvalue weighted by atomic mass is 79.9. The van der Waals surface area contributed by atoms with E-state index in [0.717, 1.165) is 12.8 Å². The molecule has 7 heteroatoms. The van der Waals surface area contributed by atoms with Gasteiger partial charge in [-0.3, -0.25) is 0 Å². The van der Waals surface area contributed by atoms with Gasteiger partial charge in [-0.05, 0) is 47.0 Å². The maximum Gasteiger partial charge on any atom is 0.247 e. The van der Waals surface area contributed by atoms with E-state index in [9.17, 15) is 8.42 Å². The summed E-state index contributed by atoms with van der Waals surface area (Å²) in [4.78, 5) is 0.195. The zero-order valence-electron chi connectivity index (χ0n) is 11.8. The Kier molecular flexibility index (Phi) is 4.43. The molecule has 2 aliphatic rings. The molecule has 3 rings (SSSR count). The van der Waals surface area contributed by atoms with Crippen LogP contribution in [0.1, 0.15) is 44.3 Å². The van der Waals surface area contributed by atoms with Crippen LogP contribution in [0.2, 0.25) is 0 Å². The summed E-state index contributed by atoms with van der Waals surface area (Å²) in [5.41, 5.74) is 0.404. The predicted octanol–water partition coefficient (Wildman–Crippen LogP) is 4.13. The average molecular weight is 397 g/mol. The molecule has 1 spiro atoms. The van der Waals surface area contributed by atoms with Crippen LogP contribution in [0.4, 0.5) is 0 Å². The van der Waals surface area contributed by atoms with Crippen LogP contribution >= 0.6 is 27.5 Å². The van der Waals surface area contributed by atoms with Crippen LogP contribution in [-0.4, -0.2) is 25.8 Å². The van der Waals surface area contributed by atoms with E-state index in [1.54, 1.807) is 4.31 Å². The Bertz CT molecular complexity index is 612. The number of hydrogen-bond donors (Lipinski definition) is 0. The fraction of sp³-hybridized carbons (Fsp3) is 0.714. The van der Waals surface area contributed by atoms with Crippen molar-refractivity contribution in [3.05, 3.63) is 16.5 Å². The SMILES string of the molecule is O=S(=O)(c1cc(CCl)oc1Br)N1CCC2(CCCC2)CC1. The minimum Gasteiger partial charge on any atom is -0.452 e. The van der Waals surface area contributed by atoms with Crippen molar-refractivity contribution in [2.24, 2.45) is 5.41 Å². The monoisotopic (exact) mass is 395 g/mol. The molecule has 1 aromatic rings. The Morgan fingerprint density at radius 3 is 2.38 bits per heavy atom. The molecule has 0 bridgehead atoms. The Hall–Kier alpha value is -0.0400. The second-order valence-electron chi connectivity index (χ2n) is 6.10. The third kappa shape index (κ3) is 2.92. The highest BCUT2D eigenvalue weighted by molar-refractivity contribution is 9.10. The standard InChI is InChI=1S/C14H19BrClNO3S/c15-13-12(9-11(10-16)20-13)21(18,19)17-7-5-14(6-8-17)3-1-2-4-14/h9H,1-8,10H2. The van der Waals surface area contributed by atoms with E-state index in [2.05, 4.69) is 15.9 Å². The summed E-state index contributed by atoms with van der Waals surface area (Å²) < 4.78 is 32.6. The van der Waals surface area contributed by atoms with Crippen LogP contribution in [0.5, 0.6) is 0 Å². The fourth-order valence-corrected chi connectivity index (χ4v) is 6.14. The Morgan fingerprint density at radius 1 is 1.24 bits per heavy atom. The summed E-state index contributed by atoms with van der Waals surface area (Å²) in [7, 11) is -3.49. The summed E-state index contributed by atoms with van der Waals surface area (Å²) in [6, 6.07) is 1.52. The van der Waals surface area contributed by atoms with Gasteiger partial charge in [0.1, 0.15) is 10.7 Å². The number of nitrogens with zero attached hydrogens (tertiary/aromatic N) is 1. The van der Waals surface area contributed by atoms with E-state index in [4.69, 9.17) is 16.0 Å². The van der Waals surface area contributed by atoms with E-state index >= 15 is 0 Å². The molecule has 1 aromatic heterocycles. The molecule has 0 aromatic carbocycles. The van der Waals surface area contributed by atoms with Gasteiger partial charge in [0.05, 0.1) is 5.88 Å². The second-order valence-corrected chi connectivity index (χ2v) is 8.99. The predicted molar refractivity (Wildman–Crippen MR) is 84.9 cm³/mol. The quantitative estimate of drug-likeness (QED) is 0.722. The first-order valence-corrected chi connectivity index (χ1v) is 10.1. The van der Waals surface area contributed by atoms with E-state index in [1.165, 1.54) is 31.7 Å². The molecular weight excluding hydrogens is 378 g/mol. The summed E-state index contributed by atoms with van der Waals surface area (Å²) in [5, 5.41) is 0. The minimum absolute atomic E-state index is 0.164. The molecule has 0 N–H and O–H groups in total. The lowest BCUT2D eigenvalue weighted by Crippen LogP contribution is -2.42. The van der Waals surface area contributed by atoms with Gasteiger partial charge in [-0.25, -0.2) is 8.42 Å². The molecule has 2 fully saturated rings. The van der Waals surface area contributed by atoms with Crippen LogP contribution in [0, 0.1) is 5.41 Å². The fourth-order valence-electron chi connectivity index (χ4n) is 3.60. The van der Waals surface area contributed by atoms with Crippen molar-refractivity contribution in [1.29, 1.82) is 0 Å². The first-order chi connectivity index (χ1) is 9.97. The molecule has 0 atom stereocenters. The van der Waals surface area contributed by atoms with Crippen molar-refractivity contribution in [1.82, 2.24) is 4.31 Å². The smallest absolute Gasteiger partial charge is 0.247 e. The van der Waals surface area contributed by atoms with Gasteiger partial charge in [0.25, 0.3) is 0 Å². The molecule has 2 heterocycles. The third-order valence-corrected chi connectivity index (χ3v) is 7.92. The lowest BCUT2D eigenvalue weighted by molar-refractivity contribution is 0.160. The van der Waals surface area contributed by atoms with Crippen LogP contribution in [0.3, 0.4) is 0 Å². The van der Waals surface area contributed by atoms with Crippen molar-refractivity contribution in [3.8, 4) is 0 Å². The Balaban J connectivity index is 1.78. The van der Waals surface area contributed by atoms with Gasteiger partial charge in [0, 0.05) is 19.2 Å². The van der Waals surface area contributed by atoms with E-state index in [-0.39, 0.29) is 15.4 Å². The first kappa shape index (κ1) is 15.8. The molecule has 118 valence electrons. The number of halogens is 2.